The fourth-order valence-corrected chi connectivity index (χ4v) is 11.0. The summed E-state index contributed by atoms with van der Waals surface area (Å²) in [7, 11) is 0. The van der Waals surface area contributed by atoms with Crippen LogP contribution < -0.4 is 0 Å². The third kappa shape index (κ3) is 6.35. The normalized spacial score (nSPS) is 39.4. The van der Waals surface area contributed by atoms with Crippen LogP contribution in [0.15, 0.2) is 11.6 Å². The van der Waals surface area contributed by atoms with Gasteiger partial charge in [0.25, 0.3) is 0 Å². The molecule has 39 heavy (non-hydrogen) atoms. The number of ether oxygens (including phenoxy) is 1. The fourth-order valence-electron chi connectivity index (χ4n) is 11.0. The van der Waals surface area contributed by atoms with E-state index in [9.17, 15) is 4.79 Å². The van der Waals surface area contributed by atoms with Crippen molar-refractivity contribution in [3.63, 3.8) is 0 Å². The average Bonchev–Trinajstić information content (AvgIpc) is 3.26. The van der Waals surface area contributed by atoms with Crippen LogP contribution in [0.4, 0.5) is 0 Å². The summed E-state index contributed by atoms with van der Waals surface area (Å²) in [5.41, 5.74) is 2.55. The van der Waals surface area contributed by atoms with Crippen LogP contribution >= 0.6 is 0 Å². The molecule has 2 nitrogen and oxygen atoms in total. The second kappa shape index (κ2) is 12.6. The van der Waals surface area contributed by atoms with Crippen molar-refractivity contribution >= 4 is 5.97 Å². The second-order valence-corrected chi connectivity index (χ2v) is 16.0. The van der Waals surface area contributed by atoms with E-state index in [1.165, 1.54) is 96.3 Å². The minimum Gasteiger partial charge on any atom is -0.462 e. The lowest BCUT2D eigenvalue weighted by Crippen LogP contribution is -2.51. The van der Waals surface area contributed by atoms with E-state index in [-0.39, 0.29) is 12.1 Å². The molecule has 0 aromatic rings. The van der Waals surface area contributed by atoms with Crippen molar-refractivity contribution in [2.24, 2.45) is 52.3 Å². The molecule has 0 radical (unpaired) electrons. The molecule has 5 rings (SSSR count). The van der Waals surface area contributed by atoms with Crippen molar-refractivity contribution < 1.29 is 9.53 Å². The van der Waals surface area contributed by atoms with Gasteiger partial charge in [-0.15, -0.1) is 0 Å². The Morgan fingerprint density at radius 3 is 2.49 bits per heavy atom. The second-order valence-electron chi connectivity index (χ2n) is 16.0. The van der Waals surface area contributed by atoms with Gasteiger partial charge in [0.05, 0.1) is 0 Å². The molecule has 0 spiro atoms. The molecule has 222 valence electrons. The zero-order valence-electron chi connectivity index (χ0n) is 26.4. The Labute approximate surface area is 241 Å². The molecule has 0 bridgehead atoms. The Kier molecular flexibility index (Phi) is 9.60. The van der Waals surface area contributed by atoms with E-state index in [1.54, 1.807) is 5.57 Å². The zero-order valence-corrected chi connectivity index (χ0v) is 26.4. The number of esters is 1. The molecule has 5 aliphatic rings. The third-order valence-corrected chi connectivity index (χ3v) is 13.3. The summed E-state index contributed by atoms with van der Waals surface area (Å²) in [6.45, 7) is 12.6. The van der Waals surface area contributed by atoms with Crippen LogP contribution in [-0.4, -0.2) is 12.1 Å². The number of fused-ring (bicyclic) bond motifs is 5. The van der Waals surface area contributed by atoms with E-state index in [4.69, 9.17) is 4.74 Å². The van der Waals surface area contributed by atoms with Crippen LogP contribution in [0.2, 0.25) is 0 Å². The maximum Gasteiger partial charge on any atom is 0.306 e. The molecule has 0 heterocycles. The van der Waals surface area contributed by atoms with Gasteiger partial charge < -0.3 is 4.74 Å². The molecule has 0 N–H and O–H groups in total. The van der Waals surface area contributed by atoms with Gasteiger partial charge in [0.1, 0.15) is 6.10 Å². The monoisotopic (exact) mass is 538 g/mol. The number of carbonyl (C=O) groups is 1. The highest BCUT2D eigenvalue weighted by Crippen LogP contribution is 2.67. The Morgan fingerprint density at radius 1 is 0.923 bits per heavy atom. The molecule has 0 amide bonds. The zero-order chi connectivity index (χ0) is 27.6. The maximum absolute atomic E-state index is 12.7. The standard InChI is InChI=1S/C37H62O2/c1-26(2)11-9-12-27(3)32-19-20-33-31-18-17-29-25-30(21-23-36(29,4)34(31)22-24-37(32,33)5)39-35(38)16-10-15-28-13-7-6-8-14-28/h17,26-28,30-34H,6-16,18-25H2,1-5H3. The van der Waals surface area contributed by atoms with Crippen molar-refractivity contribution in [1.82, 2.24) is 0 Å². The van der Waals surface area contributed by atoms with Gasteiger partial charge in [0, 0.05) is 12.8 Å². The highest BCUT2D eigenvalue weighted by molar-refractivity contribution is 5.69. The van der Waals surface area contributed by atoms with Crippen LogP contribution in [0.5, 0.6) is 0 Å². The predicted molar refractivity (Wildman–Crippen MR) is 163 cm³/mol. The Hall–Kier alpha value is -0.790. The van der Waals surface area contributed by atoms with Crippen molar-refractivity contribution in [1.29, 1.82) is 0 Å². The molecule has 4 fully saturated rings. The quantitative estimate of drug-likeness (QED) is 0.204. The van der Waals surface area contributed by atoms with Crippen LogP contribution in [0.3, 0.4) is 0 Å². The minimum atomic E-state index is 0.0710. The van der Waals surface area contributed by atoms with E-state index >= 15 is 0 Å². The van der Waals surface area contributed by atoms with Crippen molar-refractivity contribution in [3.05, 3.63) is 11.6 Å². The lowest BCUT2D eigenvalue weighted by Gasteiger charge is -2.58. The van der Waals surface area contributed by atoms with E-state index in [2.05, 4.69) is 40.7 Å². The first-order valence-corrected chi connectivity index (χ1v) is 17.6. The maximum atomic E-state index is 12.7. The van der Waals surface area contributed by atoms with Gasteiger partial charge in [-0.1, -0.05) is 97.6 Å². The molecule has 8 atom stereocenters. The summed E-state index contributed by atoms with van der Waals surface area (Å²) in [4.78, 5) is 12.7. The number of rotatable bonds is 10. The van der Waals surface area contributed by atoms with Gasteiger partial charge >= 0.3 is 5.97 Å². The topological polar surface area (TPSA) is 26.3 Å². The highest BCUT2D eigenvalue weighted by Gasteiger charge is 2.59. The largest absolute Gasteiger partial charge is 0.462 e. The van der Waals surface area contributed by atoms with Gasteiger partial charge in [-0.2, -0.15) is 0 Å². The first-order valence-electron chi connectivity index (χ1n) is 17.6. The molecule has 0 aromatic heterocycles. The Balaban J connectivity index is 1.15. The first-order chi connectivity index (χ1) is 18.7. The lowest BCUT2D eigenvalue weighted by atomic mass is 9.47. The number of hydrogen-bond acceptors (Lipinski definition) is 2. The number of carbonyl (C=O) groups excluding carboxylic acids is 1. The summed E-state index contributed by atoms with van der Waals surface area (Å²) < 4.78 is 6.10. The fraction of sp³-hybridized carbons (Fsp3) is 0.919. The Morgan fingerprint density at radius 2 is 1.72 bits per heavy atom. The molecular weight excluding hydrogens is 476 g/mol. The van der Waals surface area contributed by atoms with Gasteiger partial charge in [-0.3, -0.25) is 4.79 Å². The number of allylic oxidation sites excluding steroid dienone is 1. The highest BCUT2D eigenvalue weighted by atomic mass is 16.5. The molecule has 0 aromatic carbocycles. The van der Waals surface area contributed by atoms with Gasteiger partial charge in [0.2, 0.25) is 0 Å². The molecule has 0 aliphatic heterocycles. The smallest absolute Gasteiger partial charge is 0.306 e. The van der Waals surface area contributed by atoms with Gasteiger partial charge in [-0.25, -0.2) is 0 Å². The lowest BCUT2D eigenvalue weighted by molar-refractivity contribution is -0.151. The van der Waals surface area contributed by atoms with Crippen molar-refractivity contribution in [2.75, 3.05) is 0 Å². The van der Waals surface area contributed by atoms with Crippen LogP contribution in [-0.2, 0) is 9.53 Å². The molecule has 8 unspecified atom stereocenters. The molecule has 5 aliphatic carbocycles. The summed E-state index contributed by atoms with van der Waals surface area (Å²) in [6.07, 6.45) is 27.2. The van der Waals surface area contributed by atoms with Gasteiger partial charge in [0.15, 0.2) is 0 Å². The average molecular weight is 539 g/mol. The summed E-state index contributed by atoms with van der Waals surface area (Å²) >= 11 is 0. The predicted octanol–water partition coefficient (Wildman–Crippen LogP) is 10.7. The molecular formula is C37H62O2. The minimum absolute atomic E-state index is 0.0710. The van der Waals surface area contributed by atoms with E-state index in [1.807, 2.05) is 0 Å². The van der Waals surface area contributed by atoms with E-state index in [0.717, 1.165) is 60.7 Å². The molecule has 2 heteroatoms. The SMILES string of the molecule is CC(C)CCCC(C)C1CCC2C3CC=C4CC(OC(=O)CCCC5CCCCC5)CCC4(C)C3CCC12C. The Bertz CT molecular complexity index is 851. The van der Waals surface area contributed by atoms with Crippen LogP contribution in [0.1, 0.15) is 157 Å². The number of hydrogen-bond donors (Lipinski definition) is 0. The van der Waals surface area contributed by atoms with Gasteiger partial charge in [-0.05, 0) is 110 Å². The summed E-state index contributed by atoms with van der Waals surface area (Å²) in [6, 6.07) is 0. The summed E-state index contributed by atoms with van der Waals surface area (Å²) in [5.74, 6) is 6.23. The molecule has 4 saturated carbocycles. The van der Waals surface area contributed by atoms with E-state index < -0.39 is 0 Å². The van der Waals surface area contributed by atoms with Crippen molar-refractivity contribution in [2.45, 2.75) is 163 Å². The van der Waals surface area contributed by atoms with Crippen LogP contribution in [0, 0.1) is 52.3 Å². The molecule has 0 saturated heterocycles. The summed E-state index contributed by atoms with van der Waals surface area (Å²) in [5, 5.41) is 0. The third-order valence-electron chi connectivity index (χ3n) is 13.3. The van der Waals surface area contributed by atoms with E-state index in [0.29, 0.717) is 17.3 Å². The first kappa shape index (κ1) is 29.7. The van der Waals surface area contributed by atoms with Crippen LogP contribution in [0.25, 0.3) is 0 Å². The van der Waals surface area contributed by atoms with Crippen molar-refractivity contribution in [3.8, 4) is 0 Å².